The summed E-state index contributed by atoms with van der Waals surface area (Å²) in [6, 6.07) is 19.7. The predicted molar refractivity (Wildman–Crippen MR) is 151 cm³/mol. The fraction of sp³-hybridized carbons (Fsp3) is 0.182. The highest BCUT2D eigenvalue weighted by Crippen LogP contribution is 2.36. The normalized spacial score (nSPS) is 14.1. The molecule has 0 saturated carbocycles. The minimum absolute atomic E-state index is 0.257. The number of nitrogens with zero attached hydrogens (tertiary/aromatic N) is 1. The van der Waals surface area contributed by atoms with Crippen molar-refractivity contribution in [3.63, 3.8) is 0 Å². The molecule has 5 nitrogen and oxygen atoms in total. The third-order valence-corrected chi connectivity index (χ3v) is 7.40. The van der Waals surface area contributed by atoms with E-state index in [1.807, 2.05) is 48.5 Å². The largest absolute Gasteiger partial charge is 0.454 e. The third kappa shape index (κ3) is 4.63. The van der Waals surface area contributed by atoms with E-state index in [0.717, 1.165) is 58.1 Å². The number of para-hydroxylation sites is 2. The first kappa shape index (κ1) is 24.7. The standard InChI is InChI=1S/C33H27FN2O3/c1-2-21-7-5-10-24-27(18-35-31(21)24)29(37)19-39-33(38)30-25-9-3-4-12-28(25)36-32-22(8-6-11-26(30)32)17-20-13-15-23(34)16-14-20/h3-5,7,9-10,12-18,35H,2,6,8,11,19H2,1H3/b22-17+. The van der Waals surface area contributed by atoms with Gasteiger partial charge in [0.25, 0.3) is 0 Å². The van der Waals surface area contributed by atoms with Gasteiger partial charge in [-0.25, -0.2) is 14.2 Å². The second kappa shape index (κ2) is 10.3. The van der Waals surface area contributed by atoms with Crippen LogP contribution in [0.2, 0.25) is 0 Å². The Balaban J connectivity index is 1.34. The molecule has 6 rings (SSSR count). The lowest BCUT2D eigenvalue weighted by Crippen LogP contribution is -2.18. The second-order valence-electron chi connectivity index (χ2n) is 9.80. The Morgan fingerprint density at radius 1 is 1.00 bits per heavy atom. The minimum Gasteiger partial charge on any atom is -0.454 e. The van der Waals surface area contributed by atoms with E-state index < -0.39 is 5.97 Å². The molecule has 0 aliphatic heterocycles. The molecule has 1 aliphatic carbocycles. The van der Waals surface area contributed by atoms with E-state index in [4.69, 9.17) is 9.72 Å². The number of halogens is 1. The van der Waals surface area contributed by atoms with Gasteiger partial charge in [-0.1, -0.05) is 55.5 Å². The molecule has 0 radical (unpaired) electrons. The summed E-state index contributed by atoms with van der Waals surface area (Å²) in [5.74, 6) is -1.08. The van der Waals surface area contributed by atoms with Crippen LogP contribution in [0.5, 0.6) is 0 Å². The quantitative estimate of drug-likeness (QED) is 0.189. The van der Waals surface area contributed by atoms with Gasteiger partial charge in [0, 0.05) is 28.0 Å². The molecule has 6 heteroatoms. The zero-order valence-corrected chi connectivity index (χ0v) is 21.6. The van der Waals surface area contributed by atoms with Gasteiger partial charge in [-0.2, -0.15) is 0 Å². The molecule has 3 aromatic carbocycles. The van der Waals surface area contributed by atoms with Crippen molar-refractivity contribution in [2.45, 2.75) is 32.6 Å². The maximum Gasteiger partial charge on any atom is 0.339 e. The van der Waals surface area contributed by atoms with Crippen LogP contribution in [0.25, 0.3) is 33.5 Å². The molecule has 0 spiro atoms. The Labute approximate surface area is 225 Å². The number of ketones is 1. The fourth-order valence-corrected chi connectivity index (χ4v) is 5.49. The molecule has 0 saturated heterocycles. The summed E-state index contributed by atoms with van der Waals surface area (Å²) >= 11 is 0. The van der Waals surface area contributed by atoms with Crippen molar-refractivity contribution in [2.75, 3.05) is 6.61 Å². The van der Waals surface area contributed by atoms with Gasteiger partial charge in [0.15, 0.2) is 6.61 Å². The number of esters is 1. The number of fused-ring (bicyclic) bond motifs is 3. The Hall–Kier alpha value is -4.58. The van der Waals surface area contributed by atoms with Crippen molar-refractivity contribution >= 4 is 45.2 Å². The average Bonchev–Trinajstić information content (AvgIpc) is 3.40. The molecule has 2 aromatic heterocycles. The number of aromatic amines is 1. The van der Waals surface area contributed by atoms with Gasteiger partial charge >= 0.3 is 5.97 Å². The van der Waals surface area contributed by atoms with Gasteiger partial charge in [0.1, 0.15) is 5.82 Å². The highest BCUT2D eigenvalue weighted by molar-refractivity contribution is 6.11. The van der Waals surface area contributed by atoms with Gasteiger partial charge < -0.3 is 9.72 Å². The molecule has 1 aliphatic rings. The number of ether oxygens (including phenoxy) is 1. The van der Waals surface area contributed by atoms with Crippen LogP contribution in [-0.2, 0) is 17.6 Å². The lowest BCUT2D eigenvalue weighted by Gasteiger charge is -2.22. The van der Waals surface area contributed by atoms with Crippen molar-refractivity contribution in [2.24, 2.45) is 0 Å². The van der Waals surface area contributed by atoms with Crippen molar-refractivity contribution in [3.8, 4) is 0 Å². The molecular weight excluding hydrogens is 491 g/mol. The number of rotatable bonds is 6. The number of pyridine rings is 1. The van der Waals surface area contributed by atoms with Crippen LogP contribution in [0.4, 0.5) is 4.39 Å². The van der Waals surface area contributed by atoms with Gasteiger partial charge in [-0.3, -0.25) is 4.79 Å². The minimum atomic E-state index is -0.532. The summed E-state index contributed by atoms with van der Waals surface area (Å²) in [5, 5.41) is 1.54. The summed E-state index contributed by atoms with van der Waals surface area (Å²) in [5.41, 5.74) is 7.16. The number of carbonyl (C=O) groups excluding carboxylic acids is 2. The third-order valence-electron chi connectivity index (χ3n) is 7.40. The Bertz CT molecular complexity index is 1770. The van der Waals surface area contributed by atoms with Crippen LogP contribution in [0.15, 0.2) is 72.9 Å². The molecule has 194 valence electrons. The van der Waals surface area contributed by atoms with E-state index in [-0.39, 0.29) is 18.2 Å². The van der Waals surface area contributed by atoms with E-state index in [0.29, 0.717) is 28.5 Å². The number of hydrogen-bond acceptors (Lipinski definition) is 4. The number of carbonyl (C=O) groups is 2. The van der Waals surface area contributed by atoms with Gasteiger partial charge in [0.2, 0.25) is 5.78 Å². The summed E-state index contributed by atoms with van der Waals surface area (Å²) in [6.45, 7) is 1.71. The van der Waals surface area contributed by atoms with Crippen LogP contribution in [0.1, 0.15) is 62.9 Å². The van der Waals surface area contributed by atoms with Crippen LogP contribution in [0.3, 0.4) is 0 Å². The number of aromatic nitrogens is 2. The van der Waals surface area contributed by atoms with Crippen LogP contribution in [0, 0.1) is 5.82 Å². The number of H-pyrrole nitrogens is 1. The molecule has 0 bridgehead atoms. The van der Waals surface area contributed by atoms with Gasteiger partial charge in [0.05, 0.1) is 16.8 Å². The average molecular weight is 519 g/mol. The molecule has 2 heterocycles. The Morgan fingerprint density at radius 2 is 1.79 bits per heavy atom. The lowest BCUT2D eigenvalue weighted by atomic mass is 9.86. The van der Waals surface area contributed by atoms with Crippen molar-refractivity contribution in [1.29, 1.82) is 0 Å². The van der Waals surface area contributed by atoms with Crippen LogP contribution >= 0.6 is 0 Å². The number of benzene rings is 3. The smallest absolute Gasteiger partial charge is 0.339 e. The number of allylic oxidation sites excluding steroid dienone is 1. The lowest BCUT2D eigenvalue weighted by molar-refractivity contribution is 0.0476. The first-order valence-corrected chi connectivity index (χ1v) is 13.2. The molecule has 1 N–H and O–H groups in total. The molecule has 0 amide bonds. The van der Waals surface area contributed by atoms with E-state index in [1.54, 1.807) is 18.3 Å². The summed E-state index contributed by atoms with van der Waals surface area (Å²) in [6.07, 6.45) is 6.85. The zero-order chi connectivity index (χ0) is 26.9. The Morgan fingerprint density at radius 3 is 2.62 bits per heavy atom. The SMILES string of the molecule is CCc1cccc2c(C(=O)COC(=O)c3c4c(nc5ccccc35)/C(=C/c3ccc(F)cc3)CCC4)c[nH]c12. The van der Waals surface area contributed by atoms with Crippen LogP contribution < -0.4 is 0 Å². The maximum absolute atomic E-state index is 13.6. The highest BCUT2D eigenvalue weighted by Gasteiger charge is 2.27. The molecule has 0 fully saturated rings. The molecule has 0 unspecified atom stereocenters. The van der Waals surface area contributed by atoms with E-state index in [2.05, 4.69) is 11.9 Å². The van der Waals surface area contributed by atoms with Crippen molar-refractivity contribution in [1.82, 2.24) is 9.97 Å². The predicted octanol–water partition coefficient (Wildman–Crippen LogP) is 7.33. The van der Waals surface area contributed by atoms with Gasteiger partial charge in [-0.15, -0.1) is 0 Å². The highest BCUT2D eigenvalue weighted by atomic mass is 19.1. The summed E-state index contributed by atoms with van der Waals surface area (Å²) < 4.78 is 19.1. The fourth-order valence-electron chi connectivity index (χ4n) is 5.49. The van der Waals surface area contributed by atoms with E-state index in [1.165, 1.54) is 12.1 Å². The second-order valence-corrected chi connectivity index (χ2v) is 9.80. The zero-order valence-electron chi connectivity index (χ0n) is 21.6. The van der Waals surface area contributed by atoms with Crippen molar-refractivity contribution < 1.29 is 18.7 Å². The Kier molecular flexibility index (Phi) is 6.53. The monoisotopic (exact) mass is 518 g/mol. The molecule has 39 heavy (non-hydrogen) atoms. The van der Waals surface area contributed by atoms with E-state index in [9.17, 15) is 14.0 Å². The molecule has 0 atom stereocenters. The summed E-state index contributed by atoms with van der Waals surface area (Å²) in [7, 11) is 0. The number of Topliss-reactive ketones (excluding diaryl/α,β-unsaturated/α-hetero) is 1. The van der Waals surface area contributed by atoms with Crippen LogP contribution in [-0.4, -0.2) is 28.3 Å². The maximum atomic E-state index is 13.6. The van der Waals surface area contributed by atoms with E-state index >= 15 is 0 Å². The van der Waals surface area contributed by atoms with Gasteiger partial charge in [-0.05, 0) is 72.2 Å². The molecular formula is C33H27FN2O3. The topological polar surface area (TPSA) is 72.1 Å². The summed E-state index contributed by atoms with van der Waals surface area (Å²) in [4.78, 5) is 34.9. The number of hydrogen-bond donors (Lipinski definition) is 1. The van der Waals surface area contributed by atoms with Crippen molar-refractivity contribution in [3.05, 3.63) is 112 Å². The molecule has 5 aromatic rings. The first-order chi connectivity index (χ1) is 19.0. The number of aryl methyl sites for hydroxylation is 1. The number of nitrogens with one attached hydrogen (secondary N) is 1. The first-order valence-electron chi connectivity index (χ1n) is 13.2.